The molecule has 0 aromatic heterocycles. The van der Waals surface area contributed by atoms with E-state index < -0.39 is 6.10 Å². The van der Waals surface area contributed by atoms with Gasteiger partial charge in [-0.1, -0.05) is 31.2 Å². The molecular weight excluding hydrogens is 418 g/mol. The molecule has 33 heavy (non-hydrogen) atoms. The summed E-state index contributed by atoms with van der Waals surface area (Å²) in [7, 11) is 0. The number of carbonyl (C=O) groups is 2. The molecule has 4 aliphatic rings. The van der Waals surface area contributed by atoms with E-state index in [1.165, 1.54) is 11.1 Å². The van der Waals surface area contributed by atoms with E-state index in [1.807, 2.05) is 28.9 Å². The summed E-state index contributed by atoms with van der Waals surface area (Å²) in [5, 5.41) is 10.8. The van der Waals surface area contributed by atoms with Crippen molar-refractivity contribution in [2.45, 2.75) is 57.6 Å². The number of nitrogens with zero attached hydrogens (tertiary/aromatic N) is 3. The summed E-state index contributed by atoms with van der Waals surface area (Å²) in [6.07, 6.45) is 10.9. The van der Waals surface area contributed by atoms with Gasteiger partial charge in [-0.05, 0) is 56.1 Å². The first-order valence-corrected chi connectivity index (χ1v) is 12.6. The van der Waals surface area contributed by atoms with E-state index in [1.54, 1.807) is 0 Å². The first-order valence-electron chi connectivity index (χ1n) is 12.6. The highest BCUT2D eigenvalue weighted by Crippen LogP contribution is 2.38. The molecule has 2 amide bonds. The van der Waals surface area contributed by atoms with Crippen molar-refractivity contribution in [2.75, 3.05) is 45.9 Å². The Morgan fingerprint density at radius 3 is 2.73 bits per heavy atom. The van der Waals surface area contributed by atoms with Gasteiger partial charge in [0.25, 0.3) is 0 Å². The van der Waals surface area contributed by atoms with E-state index in [-0.39, 0.29) is 24.0 Å². The summed E-state index contributed by atoms with van der Waals surface area (Å²) < 4.78 is 5.14. The van der Waals surface area contributed by atoms with Crippen LogP contribution in [0.2, 0.25) is 0 Å². The largest absolute Gasteiger partial charge is 0.448 e. The number of β-amino-alcohol motifs (C(OH)–C–C–N with tert-alkyl or cyclic N) is 1. The van der Waals surface area contributed by atoms with E-state index in [0.29, 0.717) is 38.7 Å². The van der Waals surface area contributed by atoms with Crippen molar-refractivity contribution >= 4 is 12.0 Å². The van der Waals surface area contributed by atoms with Gasteiger partial charge in [0.2, 0.25) is 5.91 Å². The maximum atomic E-state index is 13.3. The maximum Gasteiger partial charge on any atom is 0.410 e. The third-order valence-electron chi connectivity index (χ3n) is 7.85. The predicted octanol–water partition coefficient (Wildman–Crippen LogP) is 2.97. The number of cyclic esters (lactones) is 1. The topological polar surface area (TPSA) is 73.3 Å². The van der Waals surface area contributed by atoms with Crippen LogP contribution in [-0.4, -0.2) is 89.8 Å². The van der Waals surface area contributed by atoms with Crippen LogP contribution in [0.3, 0.4) is 0 Å². The second-order valence-corrected chi connectivity index (χ2v) is 9.96. The maximum absolute atomic E-state index is 13.3. The third-order valence-corrected chi connectivity index (χ3v) is 7.85. The number of allylic oxidation sites excluding steroid dienone is 2. The molecule has 1 aliphatic carbocycles. The fourth-order valence-electron chi connectivity index (χ4n) is 6.17. The van der Waals surface area contributed by atoms with Gasteiger partial charge in [0.15, 0.2) is 0 Å². The van der Waals surface area contributed by atoms with Crippen LogP contribution in [0.1, 0.15) is 45.4 Å². The molecule has 4 atom stereocenters. The molecule has 0 aromatic rings. The van der Waals surface area contributed by atoms with Crippen molar-refractivity contribution in [3.63, 3.8) is 0 Å². The SMILES string of the molecule is C=CC1=C(/C=C\C)CN(C[C@@H](O)CN2CCC3CC(N4CCOC4=O)CCCC3C2=O)CC1. The number of ether oxygens (including phenoxy) is 1. The van der Waals surface area contributed by atoms with Gasteiger partial charge >= 0.3 is 6.09 Å². The van der Waals surface area contributed by atoms with Gasteiger partial charge in [-0.25, -0.2) is 4.79 Å². The Balaban J connectivity index is 1.31. The minimum absolute atomic E-state index is 0.0175. The summed E-state index contributed by atoms with van der Waals surface area (Å²) in [6.45, 7) is 10.5. The molecule has 3 fully saturated rings. The molecule has 3 unspecified atom stereocenters. The van der Waals surface area contributed by atoms with Gasteiger partial charge in [0.05, 0.1) is 12.6 Å². The van der Waals surface area contributed by atoms with Crippen LogP contribution in [0.25, 0.3) is 0 Å². The zero-order valence-corrected chi connectivity index (χ0v) is 20.0. The van der Waals surface area contributed by atoms with E-state index in [4.69, 9.17) is 4.74 Å². The highest BCUT2D eigenvalue weighted by Gasteiger charge is 2.42. The zero-order valence-electron chi connectivity index (χ0n) is 20.0. The monoisotopic (exact) mass is 457 g/mol. The lowest BCUT2D eigenvalue weighted by molar-refractivity contribution is -0.143. The number of rotatable bonds is 7. The Morgan fingerprint density at radius 1 is 1.15 bits per heavy atom. The predicted molar refractivity (Wildman–Crippen MR) is 128 cm³/mol. The third kappa shape index (κ3) is 5.52. The average Bonchev–Trinajstić information content (AvgIpc) is 3.10. The van der Waals surface area contributed by atoms with E-state index in [9.17, 15) is 14.7 Å². The molecule has 0 spiro atoms. The molecule has 3 aliphatic heterocycles. The van der Waals surface area contributed by atoms with Crippen LogP contribution in [-0.2, 0) is 9.53 Å². The van der Waals surface area contributed by atoms with Gasteiger partial charge in [-0.15, -0.1) is 0 Å². The minimum atomic E-state index is -0.555. The van der Waals surface area contributed by atoms with Crippen LogP contribution < -0.4 is 0 Å². The van der Waals surface area contributed by atoms with Crippen LogP contribution in [0.4, 0.5) is 4.79 Å². The normalized spacial score (nSPS) is 30.4. The Hall–Kier alpha value is -2.12. The summed E-state index contributed by atoms with van der Waals surface area (Å²) in [5.74, 6) is 0.528. The number of hydrogen-bond acceptors (Lipinski definition) is 5. The van der Waals surface area contributed by atoms with Gasteiger partial charge in [0, 0.05) is 44.7 Å². The number of piperidine rings is 1. The number of carbonyl (C=O) groups excluding carboxylic acids is 2. The average molecular weight is 458 g/mol. The number of likely N-dealkylation sites (tertiary alicyclic amines) is 1. The van der Waals surface area contributed by atoms with Crippen molar-refractivity contribution in [2.24, 2.45) is 11.8 Å². The van der Waals surface area contributed by atoms with Gasteiger partial charge in [-0.3, -0.25) is 9.69 Å². The molecule has 0 bridgehead atoms. The lowest BCUT2D eigenvalue weighted by Gasteiger charge is -2.40. The second-order valence-electron chi connectivity index (χ2n) is 9.96. The molecular formula is C26H39N3O4. The van der Waals surface area contributed by atoms with Crippen molar-refractivity contribution in [1.82, 2.24) is 14.7 Å². The van der Waals surface area contributed by atoms with Crippen LogP contribution in [0.15, 0.2) is 36.0 Å². The summed E-state index contributed by atoms with van der Waals surface area (Å²) in [4.78, 5) is 31.4. The molecule has 2 saturated heterocycles. The molecule has 7 nitrogen and oxygen atoms in total. The fourth-order valence-corrected chi connectivity index (χ4v) is 6.17. The zero-order chi connectivity index (χ0) is 23.4. The lowest BCUT2D eigenvalue weighted by Crippen LogP contribution is -2.50. The molecule has 0 radical (unpaired) electrons. The molecule has 1 N–H and O–H groups in total. The molecule has 7 heteroatoms. The Morgan fingerprint density at radius 2 is 2.00 bits per heavy atom. The summed E-state index contributed by atoms with van der Waals surface area (Å²) in [6, 6.07) is 0.193. The van der Waals surface area contributed by atoms with E-state index >= 15 is 0 Å². The Kier molecular flexibility index (Phi) is 7.91. The van der Waals surface area contributed by atoms with Crippen LogP contribution in [0, 0.1) is 11.8 Å². The second kappa shape index (κ2) is 10.9. The Bertz CT molecular complexity index is 807. The first-order chi connectivity index (χ1) is 16.0. The standard InChI is InChI=1S/C26H39N3O4/c1-3-6-21-16-27(11-9-19(21)4-2)17-23(30)18-28-12-10-20-15-22(29-13-14-33-26(29)32)7-5-8-24(20)25(28)31/h3-4,6,20,22-24,30H,2,5,7-18H2,1H3/b6-3-/t20?,22?,23-,24?/m1/s1. The van der Waals surface area contributed by atoms with Crippen molar-refractivity contribution < 1.29 is 19.4 Å². The first kappa shape index (κ1) is 24.0. The minimum Gasteiger partial charge on any atom is -0.448 e. The van der Waals surface area contributed by atoms with Gasteiger partial charge in [-0.2, -0.15) is 0 Å². The van der Waals surface area contributed by atoms with Gasteiger partial charge < -0.3 is 19.6 Å². The number of amides is 2. The number of aliphatic hydroxyl groups excluding tert-OH is 1. The molecule has 4 rings (SSSR count). The quantitative estimate of drug-likeness (QED) is 0.636. The number of fused-ring (bicyclic) bond motifs is 1. The fraction of sp³-hybridized carbons (Fsp3) is 0.692. The molecule has 0 aromatic carbocycles. The van der Waals surface area contributed by atoms with Crippen molar-refractivity contribution in [3.8, 4) is 0 Å². The smallest absolute Gasteiger partial charge is 0.410 e. The lowest BCUT2D eigenvalue weighted by atomic mass is 9.80. The highest BCUT2D eigenvalue weighted by atomic mass is 16.6. The highest BCUT2D eigenvalue weighted by molar-refractivity contribution is 5.80. The van der Waals surface area contributed by atoms with Crippen LogP contribution in [0.5, 0.6) is 0 Å². The summed E-state index contributed by atoms with van der Waals surface area (Å²) in [5.41, 5.74) is 2.54. The number of aliphatic hydroxyl groups is 1. The molecule has 182 valence electrons. The molecule has 1 saturated carbocycles. The van der Waals surface area contributed by atoms with Gasteiger partial charge in [0.1, 0.15) is 6.61 Å². The van der Waals surface area contributed by atoms with Crippen molar-refractivity contribution in [1.29, 1.82) is 0 Å². The Labute approximate surface area is 197 Å². The molecule has 3 heterocycles. The number of hydrogen-bond donors (Lipinski definition) is 1. The van der Waals surface area contributed by atoms with E-state index in [0.717, 1.165) is 51.6 Å². The summed E-state index contributed by atoms with van der Waals surface area (Å²) >= 11 is 0. The van der Waals surface area contributed by atoms with Crippen molar-refractivity contribution in [3.05, 3.63) is 36.0 Å². The van der Waals surface area contributed by atoms with Crippen LogP contribution >= 0.6 is 0 Å². The van der Waals surface area contributed by atoms with E-state index in [2.05, 4.69) is 17.6 Å².